The van der Waals surface area contributed by atoms with Crippen molar-refractivity contribution in [1.82, 2.24) is 19.6 Å². The van der Waals surface area contributed by atoms with Gasteiger partial charge in [-0.1, -0.05) is 24.3 Å². The van der Waals surface area contributed by atoms with Crippen LogP contribution < -0.4 is 4.72 Å². The van der Waals surface area contributed by atoms with Crippen molar-refractivity contribution >= 4 is 10.0 Å². The van der Waals surface area contributed by atoms with Crippen LogP contribution in [0.1, 0.15) is 16.8 Å². The van der Waals surface area contributed by atoms with E-state index in [0.29, 0.717) is 18.8 Å². The van der Waals surface area contributed by atoms with E-state index in [4.69, 9.17) is 0 Å². The number of sulfonamides is 1. The predicted molar refractivity (Wildman–Crippen MR) is 83.9 cm³/mol. The second kappa shape index (κ2) is 6.20. The van der Waals surface area contributed by atoms with Gasteiger partial charge in [-0.2, -0.15) is 0 Å². The predicted octanol–water partition coefficient (Wildman–Crippen LogP) is 1.05. The van der Waals surface area contributed by atoms with Crippen LogP contribution in [0, 0.1) is 6.92 Å². The van der Waals surface area contributed by atoms with Crippen LogP contribution in [0.3, 0.4) is 0 Å². The molecule has 0 spiro atoms. The molecule has 2 aromatic rings. The monoisotopic (exact) mass is 320 g/mol. The SMILES string of the molecule is Cc1[nH]cnc1S(=O)(=O)NCCN1CCc2ccccc2C1. The summed E-state index contributed by atoms with van der Waals surface area (Å²) >= 11 is 0. The van der Waals surface area contributed by atoms with Crippen molar-refractivity contribution in [2.75, 3.05) is 19.6 Å². The van der Waals surface area contributed by atoms with Gasteiger partial charge in [-0.05, 0) is 24.5 Å². The molecule has 3 rings (SSSR count). The number of benzene rings is 1. The van der Waals surface area contributed by atoms with Crippen LogP contribution in [0.2, 0.25) is 0 Å². The summed E-state index contributed by atoms with van der Waals surface area (Å²) in [6.07, 6.45) is 2.41. The molecule has 0 atom stereocenters. The molecule has 22 heavy (non-hydrogen) atoms. The number of imidazole rings is 1. The summed E-state index contributed by atoms with van der Waals surface area (Å²) in [5, 5.41) is 0.0801. The Hall–Kier alpha value is -1.70. The minimum absolute atomic E-state index is 0.0801. The zero-order valence-corrected chi connectivity index (χ0v) is 13.4. The fourth-order valence-electron chi connectivity index (χ4n) is 2.77. The molecule has 118 valence electrons. The van der Waals surface area contributed by atoms with Crippen molar-refractivity contribution in [3.8, 4) is 0 Å². The Labute approximate surface area is 130 Å². The third kappa shape index (κ3) is 3.21. The van der Waals surface area contributed by atoms with Gasteiger partial charge in [0.25, 0.3) is 10.0 Å². The highest BCUT2D eigenvalue weighted by molar-refractivity contribution is 7.89. The summed E-state index contributed by atoms with van der Waals surface area (Å²) in [6.45, 7) is 4.61. The molecule has 0 unspecified atom stereocenters. The third-order valence-corrected chi connectivity index (χ3v) is 5.47. The highest BCUT2D eigenvalue weighted by Crippen LogP contribution is 2.18. The molecule has 1 aliphatic heterocycles. The fraction of sp³-hybridized carbons (Fsp3) is 0.400. The van der Waals surface area contributed by atoms with Gasteiger partial charge in [0, 0.05) is 26.2 Å². The number of fused-ring (bicyclic) bond motifs is 1. The van der Waals surface area contributed by atoms with Crippen molar-refractivity contribution < 1.29 is 8.42 Å². The first-order chi connectivity index (χ1) is 10.6. The lowest BCUT2D eigenvalue weighted by atomic mass is 10.0. The molecule has 0 saturated carbocycles. The Morgan fingerprint density at radius 2 is 2.09 bits per heavy atom. The maximum absolute atomic E-state index is 12.1. The average molecular weight is 320 g/mol. The second-order valence-corrected chi connectivity index (χ2v) is 7.21. The average Bonchev–Trinajstić information content (AvgIpc) is 2.94. The van der Waals surface area contributed by atoms with Gasteiger partial charge in [-0.3, -0.25) is 4.90 Å². The number of hydrogen-bond acceptors (Lipinski definition) is 4. The highest BCUT2D eigenvalue weighted by atomic mass is 32.2. The molecule has 2 heterocycles. The van der Waals surface area contributed by atoms with E-state index in [2.05, 4.69) is 37.8 Å². The van der Waals surface area contributed by atoms with Gasteiger partial charge in [0.05, 0.1) is 12.0 Å². The van der Waals surface area contributed by atoms with Crippen LogP contribution in [0.15, 0.2) is 35.6 Å². The van der Waals surface area contributed by atoms with Crippen LogP contribution >= 0.6 is 0 Å². The molecular weight excluding hydrogens is 300 g/mol. The van der Waals surface area contributed by atoms with Gasteiger partial charge >= 0.3 is 0 Å². The first-order valence-corrected chi connectivity index (χ1v) is 8.83. The first-order valence-electron chi connectivity index (χ1n) is 7.35. The Bertz CT molecular complexity index is 754. The standard InChI is InChI=1S/C15H20N4O2S/c1-12-15(17-11-16-12)22(20,21)18-7-9-19-8-6-13-4-2-3-5-14(13)10-19/h2-5,11,18H,6-10H2,1H3,(H,16,17). The largest absolute Gasteiger partial charge is 0.348 e. The molecule has 1 aromatic heterocycles. The molecular formula is C15H20N4O2S. The maximum atomic E-state index is 12.1. The molecule has 0 amide bonds. The van der Waals surface area contributed by atoms with E-state index in [0.717, 1.165) is 19.5 Å². The van der Waals surface area contributed by atoms with Crippen LogP contribution in [0.5, 0.6) is 0 Å². The quantitative estimate of drug-likeness (QED) is 0.863. The Morgan fingerprint density at radius 1 is 1.32 bits per heavy atom. The van der Waals surface area contributed by atoms with Gasteiger partial charge in [0.1, 0.15) is 0 Å². The molecule has 0 saturated heterocycles. The molecule has 0 fully saturated rings. The fourth-order valence-corrected chi connectivity index (χ4v) is 3.92. The van der Waals surface area contributed by atoms with Crippen LogP contribution in [0.4, 0.5) is 0 Å². The van der Waals surface area contributed by atoms with Gasteiger partial charge in [-0.15, -0.1) is 0 Å². The number of hydrogen-bond donors (Lipinski definition) is 2. The van der Waals surface area contributed by atoms with E-state index < -0.39 is 10.0 Å². The summed E-state index contributed by atoms with van der Waals surface area (Å²) < 4.78 is 26.9. The zero-order valence-electron chi connectivity index (χ0n) is 12.5. The van der Waals surface area contributed by atoms with Gasteiger partial charge in [-0.25, -0.2) is 18.1 Å². The van der Waals surface area contributed by atoms with Crippen LogP contribution in [-0.4, -0.2) is 42.9 Å². The molecule has 7 heteroatoms. The molecule has 2 N–H and O–H groups in total. The minimum atomic E-state index is -3.53. The molecule has 0 radical (unpaired) electrons. The van der Waals surface area contributed by atoms with Gasteiger partial charge < -0.3 is 4.98 Å². The Balaban J connectivity index is 1.55. The number of rotatable bonds is 5. The highest BCUT2D eigenvalue weighted by Gasteiger charge is 2.20. The van der Waals surface area contributed by atoms with Crippen molar-refractivity contribution in [3.05, 3.63) is 47.4 Å². The second-order valence-electron chi connectivity index (χ2n) is 5.53. The van der Waals surface area contributed by atoms with Gasteiger partial charge in [0.15, 0.2) is 5.03 Å². The maximum Gasteiger partial charge on any atom is 0.259 e. The lowest BCUT2D eigenvalue weighted by molar-refractivity contribution is 0.258. The van der Waals surface area contributed by atoms with E-state index in [1.54, 1.807) is 6.92 Å². The van der Waals surface area contributed by atoms with Crippen molar-refractivity contribution in [2.24, 2.45) is 0 Å². The summed E-state index contributed by atoms with van der Waals surface area (Å²) in [6, 6.07) is 8.41. The van der Waals surface area contributed by atoms with Crippen molar-refractivity contribution in [1.29, 1.82) is 0 Å². The molecule has 0 bridgehead atoms. The molecule has 0 aliphatic carbocycles. The number of nitrogens with one attached hydrogen (secondary N) is 2. The zero-order chi connectivity index (χ0) is 15.6. The summed E-state index contributed by atoms with van der Waals surface area (Å²) in [7, 11) is -3.53. The van der Waals surface area contributed by atoms with Crippen LogP contribution in [-0.2, 0) is 23.0 Å². The minimum Gasteiger partial charge on any atom is -0.348 e. The van der Waals surface area contributed by atoms with Crippen molar-refractivity contribution in [3.63, 3.8) is 0 Å². The number of H-pyrrole nitrogens is 1. The Kier molecular flexibility index (Phi) is 4.28. The van der Waals surface area contributed by atoms with Crippen LogP contribution in [0.25, 0.3) is 0 Å². The normalized spacial score (nSPS) is 15.7. The number of aromatic nitrogens is 2. The summed E-state index contributed by atoms with van der Waals surface area (Å²) in [4.78, 5) is 8.91. The molecule has 6 nitrogen and oxygen atoms in total. The molecule has 1 aliphatic rings. The number of aryl methyl sites for hydroxylation is 1. The molecule has 1 aromatic carbocycles. The summed E-state index contributed by atoms with van der Waals surface area (Å²) in [5.74, 6) is 0. The number of aromatic amines is 1. The van der Waals surface area contributed by atoms with E-state index in [1.807, 2.05) is 6.07 Å². The number of nitrogens with zero attached hydrogens (tertiary/aromatic N) is 2. The smallest absolute Gasteiger partial charge is 0.259 e. The van der Waals surface area contributed by atoms with E-state index in [-0.39, 0.29) is 5.03 Å². The van der Waals surface area contributed by atoms with Crippen molar-refractivity contribution in [2.45, 2.75) is 24.9 Å². The third-order valence-electron chi connectivity index (χ3n) is 3.97. The lowest BCUT2D eigenvalue weighted by Gasteiger charge is -2.28. The van der Waals surface area contributed by atoms with Gasteiger partial charge in [0.2, 0.25) is 0 Å². The topological polar surface area (TPSA) is 78.1 Å². The summed E-state index contributed by atoms with van der Waals surface area (Å²) in [5.41, 5.74) is 3.28. The Morgan fingerprint density at radius 3 is 2.82 bits per heavy atom. The van der Waals surface area contributed by atoms with E-state index in [1.165, 1.54) is 17.5 Å². The lowest BCUT2D eigenvalue weighted by Crippen LogP contribution is -2.38. The van der Waals surface area contributed by atoms with E-state index >= 15 is 0 Å². The first kappa shape index (κ1) is 15.2. The van der Waals surface area contributed by atoms with E-state index in [9.17, 15) is 8.42 Å².